The molecule has 0 saturated heterocycles. The molecule has 0 bridgehead atoms. The number of hydrogen-bond donors (Lipinski definition) is 0. The smallest absolute Gasteiger partial charge is 0.227 e. The number of aromatic nitrogens is 6. The fraction of sp³-hybridized carbons (Fsp3) is 0.0571. The quantitative estimate of drug-likeness (QED) is 0.167. The summed E-state index contributed by atoms with van der Waals surface area (Å²) in [5.41, 5.74) is 19.4. The van der Waals surface area contributed by atoms with Gasteiger partial charge < -0.3 is 13.6 Å². The van der Waals surface area contributed by atoms with Crippen molar-refractivity contribution in [1.82, 2.24) is 28.2 Å². The number of pyridine rings is 1. The van der Waals surface area contributed by atoms with E-state index in [0.29, 0.717) is 5.89 Å². The fourth-order valence-corrected chi connectivity index (χ4v) is 12.7. The molecule has 364 valence electrons. The van der Waals surface area contributed by atoms with Crippen molar-refractivity contribution in [3.8, 4) is 45.6 Å². The Morgan fingerprint density at radius 2 is 0.636 bits per heavy atom. The van der Waals surface area contributed by atoms with Crippen LogP contribution in [0.5, 0.6) is 0 Å². The molecule has 6 aromatic heterocycles. The van der Waals surface area contributed by atoms with Gasteiger partial charge in [-0.05, 0) is 124 Å². The van der Waals surface area contributed by atoms with Gasteiger partial charge in [0.2, 0.25) is 5.89 Å². The highest BCUT2D eigenvalue weighted by atomic mass is 16.3. The fourth-order valence-electron chi connectivity index (χ4n) is 12.7. The van der Waals surface area contributed by atoms with E-state index in [1.165, 1.54) is 33.0 Å². The van der Waals surface area contributed by atoms with E-state index in [-0.39, 0.29) is 0 Å². The van der Waals surface area contributed by atoms with Crippen LogP contribution >= 0.6 is 0 Å². The Morgan fingerprint density at radius 3 is 1.06 bits per heavy atom. The third kappa shape index (κ3) is 6.25. The molecule has 0 spiro atoms. The van der Waals surface area contributed by atoms with Gasteiger partial charge in [-0.2, -0.15) is 0 Å². The largest absolute Gasteiger partial charge is 0.436 e. The van der Waals surface area contributed by atoms with Gasteiger partial charge in [-0.3, -0.25) is 9.13 Å². The molecule has 16 rings (SSSR count). The lowest BCUT2D eigenvalue weighted by atomic mass is 9.95. The number of nitrogens with zero attached hydrogens (tertiary/aromatic N) is 6. The number of para-hydroxylation sites is 6. The lowest BCUT2D eigenvalue weighted by Gasteiger charge is -2.27. The molecule has 0 fully saturated rings. The van der Waals surface area contributed by atoms with Crippen molar-refractivity contribution in [3.05, 3.63) is 241 Å². The van der Waals surface area contributed by atoms with Crippen molar-refractivity contribution in [3.63, 3.8) is 0 Å². The van der Waals surface area contributed by atoms with E-state index >= 15 is 0 Å². The van der Waals surface area contributed by atoms with E-state index in [0.717, 1.165) is 127 Å². The molecule has 7 nitrogen and oxygen atoms in total. The second-order valence-electron chi connectivity index (χ2n) is 20.9. The molecular weight excluding hydrogens is 941 g/mol. The average Bonchev–Trinajstić information content (AvgIpc) is 4.29. The Kier molecular flexibility index (Phi) is 9.17. The Labute approximate surface area is 442 Å². The summed E-state index contributed by atoms with van der Waals surface area (Å²) in [7, 11) is 0. The zero-order valence-corrected chi connectivity index (χ0v) is 42.9. The standard InChI is InChI=1S/C70H48N6O/c1-41-29-33-60-51(37-41)45-17-7-12-24-56(45)73(60)66-65(49-21-5-6-22-50(49)70-71-55-23-11-16-28-64(55)77-70)67(74-57-25-13-8-18-46(57)52-38-42(2)30-34-61(52)74)69(76-59-27-15-10-20-48(59)54-40-44(4)32-36-63(54)76)72-68(66)75-58-26-14-9-19-47(58)53-39-43(3)31-35-62(53)75/h5-40H,1-4H3. The molecule has 0 radical (unpaired) electrons. The monoisotopic (exact) mass is 988 g/mol. The predicted octanol–water partition coefficient (Wildman–Crippen LogP) is 18.2. The number of benzene rings is 10. The van der Waals surface area contributed by atoms with Crippen LogP contribution < -0.4 is 0 Å². The van der Waals surface area contributed by atoms with Crippen LogP contribution in [-0.2, 0) is 0 Å². The number of fused-ring (bicyclic) bond motifs is 13. The molecule has 0 aliphatic heterocycles. The molecule has 16 aromatic rings. The minimum Gasteiger partial charge on any atom is -0.436 e. The molecule has 0 unspecified atom stereocenters. The highest BCUT2D eigenvalue weighted by Crippen LogP contribution is 2.51. The van der Waals surface area contributed by atoms with Gasteiger partial charge in [-0.1, -0.05) is 150 Å². The summed E-state index contributed by atoms with van der Waals surface area (Å²) in [6.45, 7) is 8.73. The second kappa shape index (κ2) is 16.3. The Hall–Kier alpha value is -9.98. The first kappa shape index (κ1) is 43.4. The van der Waals surface area contributed by atoms with Gasteiger partial charge >= 0.3 is 0 Å². The first-order valence-electron chi connectivity index (χ1n) is 26.4. The maximum atomic E-state index is 6.89. The van der Waals surface area contributed by atoms with Crippen molar-refractivity contribution >= 4 is 98.3 Å². The number of hydrogen-bond acceptors (Lipinski definition) is 3. The number of aryl methyl sites for hydroxylation is 4. The van der Waals surface area contributed by atoms with Crippen molar-refractivity contribution in [2.24, 2.45) is 0 Å². The normalized spacial score (nSPS) is 12.2. The molecule has 77 heavy (non-hydrogen) atoms. The molecule has 0 atom stereocenters. The second-order valence-corrected chi connectivity index (χ2v) is 20.9. The summed E-state index contributed by atoms with van der Waals surface area (Å²) >= 11 is 0. The van der Waals surface area contributed by atoms with Crippen molar-refractivity contribution < 1.29 is 4.42 Å². The molecule has 0 amide bonds. The van der Waals surface area contributed by atoms with Gasteiger partial charge in [0.25, 0.3) is 0 Å². The molecule has 6 heterocycles. The van der Waals surface area contributed by atoms with E-state index in [4.69, 9.17) is 14.4 Å². The highest BCUT2D eigenvalue weighted by Gasteiger charge is 2.34. The van der Waals surface area contributed by atoms with Crippen LogP contribution in [-0.4, -0.2) is 28.2 Å². The summed E-state index contributed by atoms with van der Waals surface area (Å²) in [4.78, 5) is 11.7. The minimum atomic E-state index is 0.536. The topological polar surface area (TPSA) is 58.6 Å². The summed E-state index contributed by atoms with van der Waals surface area (Å²) in [6, 6.07) is 79.5. The van der Waals surface area contributed by atoms with E-state index in [2.05, 4.69) is 240 Å². The van der Waals surface area contributed by atoms with Gasteiger partial charge in [0.1, 0.15) is 16.9 Å². The molecule has 7 heteroatoms. The lowest BCUT2D eigenvalue weighted by Crippen LogP contribution is -2.16. The molecule has 0 aliphatic rings. The van der Waals surface area contributed by atoms with Gasteiger partial charge in [0, 0.05) is 54.2 Å². The Balaban J connectivity index is 1.24. The first-order valence-corrected chi connectivity index (χ1v) is 26.4. The summed E-state index contributed by atoms with van der Waals surface area (Å²) in [5, 5.41) is 9.28. The summed E-state index contributed by atoms with van der Waals surface area (Å²) in [5.74, 6) is 2.09. The third-order valence-electron chi connectivity index (χ3n) is 16.0. The van der Waals surface area contributed by atoms with E-state index in [1.807, 2.05) is 24.3 Å². The molecular formula is C70H48N6O. The zero-order chi connectivity index (χ0) is 51.2. The van der Waals surface area contributed by atoms with Crippen LogP contribution in [0, 0.1) is 27.7 Å². The lowest BCUT2D eigenvalue weighted by molar-refractivity contribution is 0.620. The van der Waals surface area contributed by atoms with Gasteiger partial charge in [0.15, 0.2) is 17.2 Å². The minimum absolute atomic E-state index is 0.536. The van der Waals surface area contributed by atoms with Crippen LogP contribution in [0.1, 0.15) is 22.3 Å². The number of rotatable bonds is 6. The molecule has 0 aliphatic carbocycles. The summed E-state index contributed by atoms with van der Waals surface area (Å²) in [6.07, 6.45) is 0. The van der Waals surface area contributed by atoms with E-state index in [9.17, 15) is 0 Å². The molecule has 0 N–H and O–H groups in total. The van der Waals surface area contributed by atoms with Gasteiger partial charge in [0.05, 0.1) is 44.1 Å². The number of oxazole rings is 1. The van der Waals surface area contributed by atoms with Crippen molar-refractivity contribution in [1.29, 1.82) is 0 Å². The highest BCUT2D eigenvalue weighted by molar-refractivity contribution is 6.16. The zero-order valence-electron chi connectivity index (χ0n) is 42.9. The van der Waals surface area contributed by atoms with Crippen LogP contribution in [0.15, 0.2) is 223 Å². The van der Waals surface area contributed by atoms with Crippen LogP contribution in [0.3, 0.4) is 0 Å². The Bertz CT molecular complexity index is 4880. The average molecular weight is 989 g/mol. The maximum absolute atomic E-state index is 6.89. The van der Waals surface area contributed by atoms with Crippen LogP contribution in [0.25, 0.3) is 144 Å². The predicted molar refractivity (Wildman–Crippen MR) is 319 cm³/mol. The summed E-state index contributed by atoms with van der Waals surface area (Å²) < 4.78 is 16.8. The van der Waals surface area contributed by atoms with E-state index in [1.54, 1.807) is 0 Å². The van der Waals surface area contributed by atoms with Crippen molar-refractivity contribution in [2.45, 2.75) is 27.7 Å². The SMILES string of the molecule is Cc1ccc2c(c1)c1ccccc1n2-c1nc(-n2c3ccccc3c3cc(C)ccc32)c(-n2c3ccccc3c3cc(C)ccc32)c(-c2ccccc2-c2nc3ccccc3o2)c1-n1c2ccccc2c2cc(C)ccc21. The maximum Gasteiger partial charge on any atom is 0.227 e. The van der Waals surface area contributed by atoms with Gasteiger partial charge in [-0.25, -0.2) is 9.97 Å². The van der Waals surface area contributed by atoms with Crippen LogP contribution in [0.4, 0.5) is 0 Å². The molecule has 10 aromatic carbocycles. The van der Waals surface area contributed by atoms with Crippen molar-refractivity contribution in [2.75, 3.05) is 0 Å². The molecule has 0 saturated carbocycles. The third-order valence-corrected chi connectivity index (χ3v) is 16.0. The first-order chi connectivity index (χ1) is 37.9. The van der Waals surface area contributed by atoms with Gasteiger partial charge in [-0.15, -0.1) is 0 Å². The van der Waals surface area contributed by atoms with Crippen LogP contribution in [0.2, 0.25) is 0 Å². The Morgan fingerprint density at radius 1 is 0.299 bits per heavy atom. The van der Waals surface area contributed by atoms with E-state index < -0.39 is 0 Å².